The van der Waals surface area contributed by atoms with Crippen LogP contribution in [0.25, 0.3) is 16.7 Å². The van der Waals surface area contributed by atoms with Crippen LogP contribution in [0.15, 0.2) is 157 Å². The third-order valence-electron chi connectivity index (χ3n) is 7.56. The fourth-order valence-corrected chi connectivity index (χ4v) is 4.32. The van der Waals surface area contributed by atoms with E-state index in [1.807, 2.05) is 39.8 Å². The lowest BCUT2D eigenvalue weighted by atomic mass is 10.00. The highest BCUT2D eigenvalue weighted by Crippen LogP contribution is 2.22. The van der Waals surface area contributed by atoms with Crippen molar-refractivity contribution in [3.05, 3.63) is 185 Å². The first kappa shape index (κ1) is 48.7. The van der Waals surface area contributed by atoms with Gasteiger partial charge in [0.15, 0.2) is 0 Å². The highest BCUT2D eigenvalue weighted by atomic mass is 14.0. The van der Waals surface area contributed by atoms with Gasteiger partial charge in [0.05, 0.1) is 0 Å². The Balaban J connectivity index is 0. The molecular formula is C51H72. The second kappa shape index (κ2) is 29.3. The van der Waals surface area contributed by atoms with Gasteiger partial charge in [-0.05, 0) is 120 Å². The summed E-state index contributed by atoms with van der Waals surface area (Å²) in [4.78, 5) is 0. The zero-order valence-electron chi connectivity index (χ0n) is 35.1. The lowest BCUT2D eigenvalue weighted by Gasteiger charge is -2.05. The van der Waals surface area contributed by atoms with Gasteiger partial charge in [0, 0.05) is 0 Å². The van der Waals surface area contributed by atoms with E-state index in [-0.39, 0.29) is 0 Å². The number of hydrogen-bond donors (Lipinski definition) is 0. The summed E-state index contributed by atoms with van der Waals surface area (Å²) in [5.74, 6) is 0.762. The highest BCUT2D eigenvalue weighted by molar-refractivity contribution is 5.74. The SMILES string of the molecule is C=C(/C=C(/C)CC)c1ccccc1C.C=C(C)C.C=CC(C)=C(C)C.CC.Cc1ccc(CC(C)C)cc1.Cc1ccccc1-c1ccccc1. The van der Waals surface area contributed by atoms with E-state index in [2.05, 4.69) is 192 Å². The minimum absolute atomic E-state index is 0.762. The number of hydrogen-bond acceptors (Lipinski definition) is 0. The summed E-state index contributed by atoms with van der Waals surface area (Å²) in [5, 5.41) is 0. The van der Waals surface area contributed by atoms with Crippen LogP contribution in [0.3, 0.4) is 0 Å². The second-order valence-electron chi connectivity index (χ2n) is 13.5. The quantitative estimate of drug-likeness (QED) is 0.134. The van der Waals surface area contributed by atoms with Crippen LogP contribution in [0.2, 0.25) is 0 Å². The molecule has 0 aliphatic heterocycles. The van der Waals surface area contributed by atoms with E-state index in [9.17, 15) is 0 Å². The number of benzene rings is 4. The van der Waals surface area contributed by atoms with Crippen LogP contribution in [0.5, 0.6) is 0 Å². The van der Waals surface area contributed by atoms with Gasteiger partial charge in [0.2, 0.25) is 0 Å². The van der Waals surface area contributed by atoms with Gasteiger partial charge in [-0.15, -0.1) is 6.58 Å². The van der Waals surface area contributed by atoms with Crippen LogP contribution in [0, 0.1) is 26.7 Å². The molecule has 0 N–H and O–H groups in total. The van der Waals surface area contributed by atoms with Crippen molar-refractivity contribution in [3.63, 3.8) is 0 Å². The largest absolute Gasteiger partial charge is 0.100 e. The van der Waals surface area contributed by atoms with Crippen molar-refractivity contribution in [2.24, 2.45) is 5.92 Å². The van der Waals surface area contributed by atoms with Crippen molar-refractivity contribution in [2.45, 2.75) is 110 Å². The van der Waals surface area contributed by atoms with E-state index in [1.165, 1.54) is 67.7 Å². The molecule has 0 radical (unpaired) electrons. The molecule has 276 valence electrons. The first-order chi connectivity index (χ1) is 24.1. The zero-order chi connectivity index (χ0) is 39.4. The monoisotopic (exact) mass is 685 g/mol. The van der Waals surface area contributed by atoms with Crippen molar-refractivity contribution >= 4 is 5.57 Å². The van der Waals surface area contributed by atoms with Crippen molar-refractivity contribution in [2.75, 3.05) is 0 Å². The summed E-state index contributed by atoms with van der Waals surface area (Å²) in [5.41, 5.74) is 15.6. The van der Waals surface area contributed by atoms with Crippen LogP contribution in [0.1, 0.15) is 110 Å². The molecule has 4 rings (SSSR count). The molecule has 0 heterocycles. The van der Waals surface area contributed by atoms with E-state index < -0.39 is 0 Å². The Hall–Kier alpha value is -4.42. The van der Waals surface area contributed by atoms with E-state index >= 15 is 0 Å². The summed E-state index contributed by atoms with van der Waals surface area (Å²) in [6, 6.07) is 36.1. The average molecular weight is 685 g/mol. The molecule has 0 unspecified atom stereocenters. The van der Waals surface area contributed by atoms with Crippen molar-refractivity contribution in [1.29, 1.82) is 0 Å². The van der Waals surface area contributed by atoms with Crippen molar-refractivity contribution in [1.82, 2.24) is 0 Å². The smallest absolute Gasteiger partial charge is 0.0155 e. The normalized spacial score (nSPS) is 9.67. The van der Waals surface area contributed by atoms with Crippen molar-refractivity contribution in [3.8, 4) is 11.1 Å². The van der Waals surface area contributed by atoms with Crippen LogP contribution in [-0.4, -0.2) is 0 Å². The van der Waals surface area contributed by atoms with Crippen LogP contribution >= 0.6 is 0 Å². The maximum absolute atomic E-state index is 4.10. The molecule has 0 heteroatoms. The Labute approximate surface area is 316 Å². The van der Waals surface area contributed by atoms with Gasteiger partial charge in [0.1, 0.15) is 0 Å². The lowest BCUT2D eigenvalue weighted by molar-refractivity contribution is 0.647. The Morgan fingerprint density at radius 1 is 0.647 bits per heavy atom. The molecule has 4 aromatic carbocycles. The summed E-state index contributed by atoms with van der Waals surface area (Å²) < 4.78 is 0. The van der Waals surface area contributed by atoms with E-state index in [0.29, 0.717) is 0 Å². The summed E-state index contributed by atoms with van der Waals surface area (Å²) >= 11 is 0. The molecular weight excluding hydrogens is 613 g/mol. The average Bonchev–Trinajstić information content (AvgIpc) is 3.11. The van der Waals surface area contributed by atoms with Crippen molar-refractivity contribution < 1.29 is 0 Å². The van der Waals surface area contributed by atoms with Gasteiger partial charge >= 0.3 is 0 Å². The standard InChI is InChI=1S/C14H18.C13H12.C11H16.C7H12.C4H8.C2H6/c1-5-11(2)10-13(4)14-9-7-6-8-12(14)3;1-11-7-5-6-10-13(11)12-8-3-2-4-9-12;1-9(2)8-11-6-4-10(3)5-7-11;1-5-7(4)6(2)3;1-4(2)3;1-2/h6-10H,4-5H2,1-3H3;2-10H,1H3;4-7,9H,8H2,1-3H3;5H,1H2,2-4H3;1H2,2-3H3;1-2H3/b11-10-;;;;;. The second-order valence-corrected chi connectivity index (χ2v) is 13.5. The predicted octanol–water partition coefficient (Wildman–Crippen LogP) is 16.4. The van der Waals surface area contributed by atoms with Gasteiger partial charge in [0.25, 0.3) is 0 Å². The Morgan fingerprint density at radius 2 is 1.12 bits per heavy atom. The molecule has 0 bridgehead atoms. The molecule has 4 aromatic rings. The first-order valence-corrected chi connectivity index (χ1v) is 18.6. The lowest BCUT2D eigenvalue weighted by Crippen LogP contribution is -1.93. The molecule has 0 amide bonds. The minimum Gasteiger partial charge on any atom is -0.100 e. The summed E-state index contributed by atoms with van der Waals surface area (Å²) in [7, 11) is 0. The minimum atomic E-state index is 0.762. The van der Waals surface area contributed by atoms with E-state index in [4.69, 9.17) is 0 Å². The van der Waals surface area contributed by atoms with Gasteiger partial charge in [-0.3, -0.25) is 0 Å². The maximum Gasteiger partial charge on any atom is -0.0155 e. The molecule has 0 fully saturated rings. The van der Waals surface area contributed by atoms with Gasteiger partial charge in [-0.25, -0.2) is 0 Å². The molecule has 0 atom stereocenters. The highest BCUT2D eigenvalue weighted by Gasteiger charge is 2.00. The molecule has 0 spiro atoms. The Bertz CT molecular complexity index is 1580. The van der Waals surface area contributed by atoms with E-state index in [0.717, 1.165) is 17.9 Å². The molecule has 0 saturated carbocycles. The molecule has 0 aromatic heterocycles. The summed E-state index contributed by atoms with van der Waals surface area (Å²) in [6.07, 6.45) is 6.32. The third-order valence-corrected chi connectivity index (χ3v) is 7.56. The van der Waals surface area contributed by atoms with Gasteiger partial charge in [-0.1, -0.05) is 191 Å². The maximum atomic E-state index is 4.10. The molecule has 0 nitrogen and oxygen atoms in total. The van der Waals surface area contributed by atoms with E-state index in [1.54, 1.807) is 0 Å². The Morgan fingerprint density at radius 3 is 1.53 bits per heavy atom. The third kappa shape index (κ3) is 24.4. The topological polar surface area (TPSA) is 0 Å². The van der Waals surface area contributed by atoms with Gasteiger partial charge in [-0.2, -0.15) is 0 Å². The first-order valence-electron chi connectivity index (χ1n) is 18.6. The van der Waals surface area contributed by atoms with Crippen LogP contribution < -0.4 is 0 Å². The number of aryl methyl sites for hydroxylation is 3. The van der Waals surface area contributed by atoms with Gasteiger partial charge < -0.3 is 0 Å². The molecule has 0 saturated heterocycles. The molecule has 51 heavy (non-hydrogen) atoms. The van der Waals surface area contributed by atoms with Crippen LogP contribution in [0.4, 0.5) is 0 Å². The predicted molar refractivity (Wildman–Crippen MR) is 237 cm³/mol. The number of allylic oxidation sites excluding steroid dienone is 7. The fourth-order valence-electron chi connectivity index (χ4n) is 4.32. The molecule has 0 aliphatic carbocycles. The van der Waals surface area contributed by atoms with Crippen LogP contribution in [-0.2, 0) is 6.42 Å². The zero-order valence-corrected chi connectivity index (χ0v) is 35.1. The Kier molecular flexibility index (Phi) is 28.0. The summed E-state index contributed by atoms with van der Waals surface area (Å²) in [6.45, 7) is 40.6. The fraction of sp³-hybridized carbons (Fsp3) is 0.333. The number of rotatable bonds is 7. The molecule has 0 aliphatic rings.